The Bertz CT molecular complexity index is 956. The molecule has 0 saturated carbocycles. The number of sulfonamides is 1. The summed E-state index contributed by atoms with van der Waals surface area (Å²) < 4.78 is 32.7. The van der Waals surface area contributed by atoms with E-state index in [2.05, 4.69) is 4.98 Å². The van der Waals surface area contributed by atoms with Gasteiger partial charge in [0.2, 0.25) is 15.8 Å². The molecule has 2 heterocycles. The number of pyridine rings is 1. The summed E-state index contributed by atoms with van der Waals surface area (Å²) in [6.07, 6.45) is 4.36. The molecule has 1 aromatic carbocycles. The van der Waals surface area contributed by atoms with Crippen molar-refractivity contribution in [1.29, 1.82) is 0 Å². The Morgan fingerprint density at radius 1 is 1.21 bits per heavy atom. The van der Waals surface area contributed by atoms with E-state index in [4.69, 9.17) is 16.3 Å². The van der Waals surface area contributed by atoms with Gasteiger partial charge >= 0.3 is 0 Å². The fraction of sp³-hybridized carbons (Fsp3) is 0.400. The maximum Gasteiger partial charge on any atom is 0.243 e. The van der Waals surface area contributed by atoms with Gasteiger partial charge in [0.05, 0.1) is 11.5 Å². The number of ketones is 1. The second-order valence-corrected chi connectivity index (χ2v) is 9.15. The number of rotatable bonds is 7. The third kappa shape index (κ3) is 4.78. The molecule has 1 aliphatic rings. The van der Waals surface area contributed by atoms with Crippen molar-refractivity contribution in [1.82, 2.24) is 9.29 Å². The van der Waals surface area contributed by atoms with E-state index in [1.165, 1.54) is 16.4 Å². The Morgan fingerprint density at radius 3 is 2.68 bits per heavy atom. The summed E-state index contributed by atoms with van der Waals surface area (Å²) >= 11 is 6.20. The lowest BCUT2D eigenvalue weighted by Crippen LogP contribution is -2.35. The number of ether oxygens (including phenoxy) is 1. The summed E-state index contributed by atoms with van der Waals surface area (Å²) in [5, 5.41) is 0.402. The van der Waals surface area contributed by atoms with Crippen molar-refractivity contribution in [2.24, 2.45) is 0 Å². The zero-order valence-corrected chi connectivity index (χ0v) is 17.3. The van der Waals surface area contributed by atoms with Gasteiger partial charge in [-0.15, -0.1) is 0 Å². The summed E-state index contributed by atoms with van der Waals surface area (Å²) in [5.41, 5.74) is 1.68. The lowest BCUT2D eigenvalue weighted by atomic mass is 10.1. The van der Waals surface area contributed by atoms with E-state index < -0.39 is 10.0 Å². The number of nitrogens with zero attached hydrogens (tertiary/aromatic N) is 2. The van der Waals surface area contributed by atoms with E-state index in [1.54, 1.807) is 18.3 Å². The van der Waals surface area contributed by atoms with E-state index in [9.17, 15) is 13.2 Å². The number of halogens is 1. The largest absolute Gasteiger partial charge is 0.368 e. The molecule has 0 bridgehead atoms. The fourth-order valence-electron chi connectivity index (χ4n) is 3.18. The molecule has 2 aromatic rings. The number of benzene rings is 1. The molecular weight excluding hydrogens is 400 g/mol. The van der Waals surface area contributed by atoms with Gasteiger partial charge in [0.1, 0.15) is 12.3 Å². The van der Waals surface area contributed by atoms with Gasteiger partial charge in [-0.25, -0.2) is 8.42 Å². The summed E-state index contributed by atoms with van der Waals surface area (Å²) in [7, 11) is -3.55. The lowest BCUT2D eigenvalue weighted by molar-refractivity contribution is 0.0721. The number of carbonyl (C=O) groups is 1. The molecule has 0 atom stereocenters. The highest BCUT2D eigenvalue weighted by molar-refractivity contribution is 7.89. The molecule has 1 aromatic heterocycles. The molecule has 0 N–H and O–H groups in total. The number of carbonyl (C=O) groups excluding carboxylic acids is 1. The summed E-state index contributed by atoms with van der Waals surface area (Å²) in [6, 6.07) is 8.18. The van der Waals surface area contributed by atoms with E-state index in [0.717, 1.165) is 24.8 Å². The second kappa shape index (κ2) is 9.13. The van der Waals surface area contributed by atoms with Gasteiger partial charge in [-0.1, -0.05) is 24.1 Å². The summed E-state index contributed by atoms with van der Waals surface area (Å²) in [5.74, 6) is -0.230. The van der Waals surface area contributed by atoms with Crippen LogP contribution >= 0.6 is 11.6 Å². The molecule has 0 spiro atoms. The predicted molar refractivity (Wildman–Crippen MR) is 107 cm³/mol. The Balaban J connectivity index is 1.68. The zero-order chi connectivity index (χ0) is 20.1. The van der Waals surface area contributed by atoms with Crippen molar-refractivity contribution in [2.75, 3.05) is 19.7 Å². The van der Waals surface area contributed by atoms with Crippen LogP contribution in [0.2, 0.25) is 5.02 Å². The van der Waals surface area contributed by atoms with Gasteiger partial charge in [0.25, 0.3) is 0 Å². The average molecular weight is 423 g/mol. The van der Waals surface area contributed by atoms with Crippen molar-refractivity contribution >= 4 is 27.4 Å². The van der Waals surface area contributed by atoms with Crippen molar-refractivity contribution in [3.05, 3.63) is 58.4 Å². The van der Waals surface area contributed by atoms with Gasteiger partial charge in [-0.05, 0) is 55.2 Å². The highest BCUT2D eigenvalue weighted by Gasteiger charge is 2.26. The Morgan fingerprint density at radius 2 is 1.96 bits per heavy atom. The molecule has 8 heteroatoms. The third-order valence-electron chi connectivity index (χ3n) is 4.73. The minimum atomic E-state index is -3.55. The highest BCUT2D eigenvalue weighted by atomic mass is 35.5. The fourth-order valence-corrected chi connectivity index (χ4v) is 4.92. The van der Waals surface area contributed by atoms with Crippen LogP contribution < -0.4 is 0 Å². The van der Waals surface area contributed by atoms with E-state index >= 15 is 0 Å². The quantitative estimate of drug-likeness (QED) is 0.637. The first-order valence-electron chi connectivity index (χ1n) is 9.21. The van der Waals surface area contributed by atoms with Gasteiger partial charge < -0.3 is 4.74 Å². The molecule has 3 rings (SSSR count). The van der Waals surface area contributed by atoms with Gasteiger partial charge in [-0.2, -0.15) is 4.31 Å². The maximum atomic E-state index is 12.8. The first-order valence-corrected chi connectivity index (χ1v) is 11.0. The predicted octanol–water partition coefficient (Wildman–Crippen LogP) is 3.62. The van der Waals surface area contributed by atoms with Crippen LogP contribution in [0.4, 0.5) is 0 Å². The standard InChI is InChI=1S/C20H23ClN2O4S/c1-15-6-5-9-22-20(15)19(24)14-27-13-16-12-17(7-8-18(16)21)28(25,26)23-10-3-2-4-11-23/h5-9,12H,2-4,10-11,13-14H2,1H3. The van der Waals surface area contributed by atoms with Crippen LogP contribution in [-0.4, -0.2) is 43.2 Å². The summed E-state index contributed by atoms with van der Waals surface area (Å²) in [6.45, 7) is 2.77. The molecule has 28 heavy (non-hydrogen) atoms. The normalized spacial score (nSPS) is 15.5. The van der Waals surface area contributed by atoms with Crippen LogP contribution in [-0.2, 0) is 21.4 Å². The summed E-state index contributed by atoms with van der Waals surface area (Å²) in [4.78, 5) is 16.5. The number of hydrogen-bond acceptors (Lipinski definition) is 5. The van der Waals surface area contributed by atoms with Crippen LogP contribution in [0.15, 0.2) is 41.4 Å². The molecule has 6 nitrogen and oxygen atoms in total. The molecular formula is C20H23ClN2O4S. The number of aryl methyl sites for hydroxylation is 1. The average Bonchev–Trinajstić information content (AvgIpc) is 2.70. The van der Waals surface area contributed by atoms with Gasteiger partial charge in [-0.3, -0.25) is 9.78 Å². The molecule has 0 unspecified atom stereocenters. The highest BCUT2D eigenvalue weighted by Crippen LogP contribution is 2.25. The zero-order valence-electron chi connectivity index (χ0n) is 15.7. The maximum absolute atomic E-state index is 12.8. The van der Waals surface area contributed by atoms with Crippen molar-refractivity contribution < 1.29 is 17.9 Å². The third-order valence-corrected chi connectivity index (χ3v) is 7.00. The Hall–Kier alpha value is -1.80. The van der Waals surface area contributed by atoms with Crippen molar-refractivity contribution in [3.8, 4) is 0 Å². The van der Waals surface area contributed by atoms with Gasteiger partial charge in [0, 0.05) is 24.3 Å². The first kappa shape index (κ1) is 20.9. The SMILES string of the molecule is Cc1cccnc1C(=O)COCc1cc(S(=O)(=O)N2CCCCC2)ccc1Cl. The number of hydrogen-bond donors (Lipinski definition) is 0. The van der Waals surface area contributed by atoms with E-state index in [0.29, 0.717) is 29.4 Å². The van der Waals surface area contributed by atoms with Crippen LogP contribution in [0.1, 0.15) is 40.9 Å². The van der Waals surface area contributed by atoms with E-state index in [1.807, 2.05) is 13.0 Å². The topological polar surface area (TPSA) is 76.6 Å². The van der Waals surface area contributed by atoms with Crippen LogP contribution in [0.3, 0.4) is 0 Å². The Labute approximate surface area is 170 Å². The minimum Gasteiger partial charge on any atom is -0.368 e. The molecule has 0 amide bonds. The Kier molecular flexibility index (Phi) is 6.82. The number of piperidine rings is 1. The molecule has 150 valence electrons. The number of Topliss-reactive ketones (excluding diaryl/α,β-unsaturated/α-hetero) is 1. The molecule has 1 fully saturated rings. The lowest BCUT2D eigenvalue weighted by Gasteiger charge is -2.26. The molecule has 0 radical (unpaired) electrons. The minimum absolute atomic E-state index is 0.0415. The van der Waals surface area contributed by atoms with Crippen LogP contribution in [0, 0.1) is 6.92 Å². The molecule has 1 saturated heterocycles. The van der Waals surface area contributed by atoms with E-state index in [-0.39, 0.29) is 23.9 Å². The number of aromatic nitrogens is 1. The van der Waals surface area contributed by atoms with Crippen molar-refractivity contribution in [3.63, 3.8) is 0 Å². The van der Waals surface area contributed by atoms with Crippen LogP contribution in [0.5, 0.6) is 0 Å². The molecule has 0 aliphatic carbocycles. The first-order chi connectivity index (χ1) is 13.4. The van der Waals surface area contributed by atoms with Gasteiger partial charge in [0.15, 0.2) is 0 Å². The van der Waals surface area contributed by atoms with Crippen LogP contribution in [0.25, 0.3) is 0 Å². The second-order valence-electron chi connectivity index (χ2n) is 6.80. The smallest absolute Gasteiger partial charge is 0.243 e. The molecule has 1 aliphatic heterocycles. The monoisotopic (exact) mass is 422 g/mol. The van der Waals surface area contributed by atoms with Crippen molar-refractivity contribution in [2.45, 2.75) is 37.7 Å².